The molecule has 1 fully saturated rings. The molecule has 6 heteroatoms. The largest absolute Gasteiger partial charge is 0.378 e. The molecule has 0 spiro atoms. The summed E-state index contributed by atoms with van der Waals surface area (Å²) in [5, 5.41) is 6.35. The van der Waals surface area contributed by atoms with Gasteiger partial charge in [0.2, 0.25) is 0 Å². The highest BCUT2D eigenvalue weighted by molar-refractivity contribution is 5.40. The van der Waals surface area contributed by atoms with Crippen LogP contribution in [-0.2, 0) is 11.2 Å². The molecule has 2 aromatic rings. The number of nitrogens with one attached hydrogen (secondary N) is 2. The molecule has 0 saturated carbocycles. The van der Waals surface area contributed by atoms with E-state index >= 15 is 0 Å². The molecule has 2 N–H and O–H groups in total. The lowest BCUT2D eigenvalue weighted by Gasteiger charge is -2.21. The van der Waals surface area contributed by atoms with Crippen LogP contribution in [0.25, 0.3) is 5.65 Å². The zero-order valence-corrected chi connectivity index (χ0v) is 10.3. The minimum absolute atomic E-state index is 0.0307. The lowest BCUT2D eigenvalue weighted by Crippen LogP contribution is -2.35. The molecule has 1 aliphatic heterocycles. The number of pyridine rings is 1. The SMILES string of the molecule is CCc1cc(=O)n2[nH]c(C3COCCN3)nc2c1. The molecular weight excluding hydrogens is 232 g/mol. The molecule has 0 aromatic carbocycles. The lowest BCUT2D eigenvalue weighted by molar-refractivity contribution is 0.0743. The minimum atomic E-state index is -0.0696. The Morgan fingerprint density at radius 3 is 3.17 bits per heavy atom. The molecule has 2 aromatic heterocycles. The lowest BCUT2D eigenvalue weighted by atomic mass is 10.2. The third-order valence-corrected chi connectivity index (χ3v) is 3.19. The predicted molar refractivity (Wildman–Crippen MR) is 66.8 cm³/mol. The fourth-order valence-corrected chi connectivity index (χ4v) is 2.17. The van der Waals surface area contributed by atoms with E-state index in [0.29, 0.717) is 12.3 Å². The molecule has 1 aliphatic rings. The summed E-state index contributed by atoms with van der Waals surface area (Å²) < 4.78 is 6.87. The molecule has 1 saturated heterocycles. The van der Waals surface area contributed by atoms with Gasteiger partial charge in [0.25, 0.3) is 5.56 Å². The molecule has 3 heterocycles. The first kappa shape index (κ1) is 11.4. The van der Waals surface area contributed by atoms with Crippen molar-refractivity contribution in [3.63, 3.8) is 0 Å². The molecule has 96 valence electrons. The fraction of sp³-hybridized carbons (Fsp3) is 0.500. The highest BCUT2D eigenvalue weighted by atomic mass is 16.5. The Morgan fingerprint density at radius 1 is 1.56 bits per heavy atom. The van der Waals surface area contributed by atoms with E-state index in [-0.39, 0.29) is 11.6 Å². The van der Waals surface area contributed by atoms with Gasteiger partial charge in [0.05, 0.1) is 19.3 Å². The van der Waals surface area contributed by atoms with Crippen molar-refractivity contribution in [1.82, 2.24) is 19.9 Å². The van der Waals surface area contributed by atoms with E-state index < -0.39 is 0 Å². The molecule has 6 nitrogen and oxygen atoms in total. The third kappa shape index (κ3) is 1.93. The van der Waals surface area contributed by atoms with Gasteiger partial charge >= 0.3 is 0 Å². The van der Waals surface area contributed by atoms with Crippen molar-refractivity contribution >= 4 is 5.65 Å². The van der Waals surface area contributed by atoms with Crippen LogP contribution in [-0.4, -0.2) is 34.4 Å². The van der Waals surface area contributed by atoms with Crippen molar-refractivity contribution < 1.29 is 4.74 Å². The predicted octanol–water partition coefficient (Wildman–Crippen LogP) is 0.246. The molecule has 1 atom stereocenters. The van der Waals surface area contributed by atoms with E-state index in [1.807, 2.05) is 13.0 Å². The molecule has 0 radical (unpaired) electrons. The van der Waals surface area contributed by atoms with E-state index in [0.717, 1.165) is 31.0 Å². The first-order valence-corrected chi connectivity index (χ1v) is 6.20. The Balaban J connectivity index is 2.04. The summed E-state index contributed by atoms with van der Waals surface area (Å²) in [6.07, 6.45) is 0.832. The minimum Gasteiger partial charge on any atom is -0.378 e. The number of aryl methyl sites for hydroxylation is 1. The van der Waals surface area contributed by atoms with Crippen LogP contribution in [0.5, 0.6) is 0 Å². The number of aromatic nitrogens is 3. The Hall–Kier alpha value is -1.66. The Labute approximate surface area is 104 Å². The van der Waals surface area contributed by atoms with Gasteiger partial charge in [0.1, 0.15) is 5.82 Å². The summed E-state index contributed by atoms with van der Waals surface area (Å²) in [6.45, 7) is 4.12. The first-order chi connectivity index (χ1) is 8.78. The number of aromatic amines is 1. The second kappa shape index (κ2) is 4.55. The second-order valence-corrected chi connectivity index (χ2v) is 4.44. The van der Waals surface area contributed by atoms with Gasteiger partial charge in [0.15, 0.2) is 5.65 Å². The second-order valence-electron chi connectivity index (χ2n) is 4.44. The molecule has 0 aliphatic carbocycles. The van der Waals surface area contributed by atoms with Crippen LogP contribution in [0.3, 0.4) is 0 Å². The maximum Gasteiger partial charge on any atom is 0.271 e. The summed E-state index contributed by atoms with van der Waals surface area (Å²) in [5.74, 6) is 0.750. The Kier molecular flexibility index (Phi) is 2.89. The van der Waals surface area contributed by atoms with Crippen molar-refractivity contribution in [3.8, 4) is 0 Å². The fourth-order valence-electron chi connectivity index (χ4n) is 2.17. The number of fused-ring (bicyclic) bond motifs is 1. The molecule has 0 amide bonds. The van der Waals surface area contributed by atoms with Gasteiger partial charge < -0.3 is 10.1 Å². The zero-order chi connectivity index (χ0) is 12.5. The number of rotatable bonds is 2. The summed E-state index contributed by atoms with van der Waals surface area (Å²) in [4.78, 5) is 16.4. The quantitative estimate of drug-likeness (QED) is 0.799. The van der Waals surface area contributed by atoms with Crippen molar-refractivity contribution in [2.45, 2.75) is 19.4 Å². The van der Waals surface area contributed by atoms with E-state index in [1.54, 1.807) is 6.07 Å². The number of morpholine rings is 1. The number of hydrogen-bond donors (Lipinski definition) is 2. The number of nitrogens with zero attached hydrogens (tertiary/aromatic N) is 2. The normalized spacial score (nSPS) is 20.4. The topological polar surface area (TPSA) is 71.4 Å². The highest BCUT2D eigenvalue weighted by Crippen LogP contribution is 2.12. The summed E-state index contributed by atoms with van der Waals surface area (Å²) in [5.41, 5.74) is 1.60. The van der Waals surface area contributed by atoms with Crippen LogP contribution in [0.1, 0.15) is 24.4 Å². The highest BCUT2D eigenvalue weighted by Gasteiger charge is 2.19. The summed E-state index contributed by atoms with van der Waals surface area (Å²) in [7, 11) is 0. The van der Waals surface area contributed by atoms with Gasteiger partial charge in [-0.1, -0.05) is 6.92 Å². The van der Waals surface area contributed by atoms with Gasteiger partial charge in [-0.3, -0.25) is 9.89 Å². The standard InChI is InChI=1S/C12H16N4O2/c1-2-8-5-10-14-12(9-7-18-4-3-13-9)15-16(10)11(17)6-8/h5-6,9,13H,2-4,7H2,1H3,(H,14,15). The average Bonchev–Trinajstić information content (AvgIpc) is 2.84. The van der Waals surface area contributed by atoms with Crippen LogP contribution < -0.4 is 10.9 Å². The number of ether oxygens (including phenoxy) is 1. The van der Waals surface area contributed by atoms with E-state index in [4.69, 9.17) is 4.74 Å². The van der Waals surface area contributed by atoms with Crippen molar-refractivity contribution in [3.05, 3.63) is 33.9 Å². The van der Waals surface area contributed by atoms with Crippen molar-refractivity contribution in [2.75, 3.05) is 19.8 Å². The summed E-state index contributed by atoms with van der Waals surface area (Å²) in [6, 6.07) is 3.60. The Morgan fingerprint density at radius 2 is 2.44 bits per heavy atom. The molecule has 0 bridgehead atoms. The molecule has 18 heavy (non-hydrogen) atoms. The van der Waals surface area contributed by atoms with Gasteiger partial charge in [-0.25, -0.2) is 9.50 Å². The van der Waals surface area contributed by atoms with E-state index in [9.17, 15) is 4.79 Å². The molecule has 3 rings (SSSR count). The zero-order valence-electron chi connectivity index (χ0n) is 10.3. The van der Waals surface area contributed by atoms with Gasteiger partial charge in [-0.15, -0.1) is 0 Å². The first-order valence-electron chi connectivity index (χ1n) is 6.20. The smallest absolute Gasteiger partial charge is 0.271 e. The van der Waals surface area contributed by atoms with Gasteiger partial charge in [-0.05, 0) is 18.1 Å². The van der Waals surface area contributed by atoms with Crippen LogP contribution >= 0.6 is 0 Å². The maximum atomic E-state index is 11.9. The average molecular weight is 248 g/mol. The summed E-state index contributed by atoms with van der Waals surface area (Å²) >= 11 is 0. The van der Waals surface area contributed by atoms with Crippen LogP contribution in [0.15, 0.2) is 16.9 Å². The monoisotopic (exact) mass is 248 g/mol. The van der Waals surface area contributed by atoms with E-state index in [1.165, 1.54) is 4.52 Å². The van der Waals surface area contributed by atoms with Gasteiger partial charge in [-0.2, -0.15) is 0 Å². The molecular formula is C12H16N4O2. The number of hydrogen-bond acceptors (Lipinski definition) is 4. The Bertz CT molecular complexity index is 610. The number of H-pyrrole nitrogens is 1. The van der Waals surface area contributed by atoms with E-state index in [2.05, 4.69) is 15.4 Å². The van der Waals surface area contributed by atoms with Crippen LogP contribution in [0.2, 0.25) is 0 Å². The van der Waals surface area contributed by atoms with Crippen LogP contribution in [0.4, 0.5) is 0 Å². The third-order valence-electron chi connectivity index (χ3n) is 3.19. The maximum absolute atomic E-state index is 11.9. The molecule has 1 unspecified atom stereocenters. The van der Waals surface area contributed by atoms with Gasteiger partial charge in [0, 0.05) is 12.6 Å². The van der Waals surface area contributed by atoms with Crippen LogP contribution in [0, 0.1) is 0 Å². The van der Waals surface area contributed by atoms with Crippen molar-refractivity contribution in [1.29, 1.82) is 0 Å². The van der Waals surface area contributed by atoms with Crippen molar-refractivity contribution in [2.24, 2.45) is 0 Å².